The van der Waals surface area contributed by atoms with Crippen molar-refractivity contribution in [1.82, 2.24) is 9.55 Å². The van der Waals surface area contributed by atoms with Crippen LogP contribution in [0.3, 0.4) is 0 Å². The normalized spacial score (nSPS) is 10.8. The van der Waals surface area contributed by atoms with E-state index in [1.165, 1.54) is 0 Å². The van der Waals surface area contributed by atoms with Crippen molar-refractivity contribution in [2.75, 3.05) is 0 Å². The van der Waals surface area contributed by atoms with Gasteiger partial charge in [0, 0.05) is 12.4 Å². The van der Waals surface area contributed by atoms with Gasteiger partial charge in [-0.1, -0.05) is 6.92 Å². The van der Waals surface area contributed by atoms with E-state index in [1.807, 2.05) is 6.92 Å². The van der Waals surface area contributed by atoms with Crippen LogP contribution in [0.25, 0.3) is 0 Å². The molecule has 1 aromatic rings. The van der Waals surface area contributed by atoms with Gasteiger partial charge in [-0.2, -0.15) is 0 Å². The fraction of sp³-hybridized carbons (Fsp3) is 0.429. The van der Waals surface area contributed by atoms with Crippen LogP contribution in [0.5, 0.6) is 0 Å². The monoisotopic (exact) mass is 225 g/mol. The molecular formula is C7H13Cl2N3O. The van der Waals surface area contributed by atoms with Crippen molar-refractivity contribution in [2.24, 2.45) is 5.73 Å². The Morgan fingerprint density at radius 3 is 2.54 bits per heavy atom. The van der Waals surface area contributed by atoms with E-state index in [9.17, 15) is 4.79 Å². The van der Waals surface area contributed by atoms with Crippen molar-refractivity contribution < 1.29 is 4.79 Å². The molecule has 0 aliphatic rings. The third-order valence-corrected chi connectivity index (χ3v) is 1.60. The molecule has 0 saturated carbocycles. The zero-order chi connectivity index (χ0) is 8.27. The van der Waals surface area contributed by atoms with Gasteiger partial charge in [0.25, 0.3) is 0 Å². The minimum atomic E-state index is -0.314. The van der Waals surface area contributed by atoms with Crippen LogP contribution in [-0.4, -0.2) is 15.5 Å². The highest BCUT2D eigenvalue weighted by Crippen LogP contribution is 2.08. The third kappa shape index (κ3) is 3.65. The summed E-state index contributed by atoms with van der Waals surface area (Å²) in [5.41, 5.74) is 5.15. The van der Waals surface area contributed by atoms with Crippen molar-refractivity contribution in [1.29, 1.82) is 0 Å². The van der Waals surface area contributed by atoms with Gasteiger partial charge in [-0.05, 0) is 6.42 Å². The van der Waals surface area contributed by atoms with Crippen molar-refractivity contribution >= 4 is 30.7 Å². The van der Waals surface area contributed by atoms with Crippen LogP contribution in [0.2, 0.25) is 0 Å². The van der Waals surface area contributed by atoms with Crippen LogP contribution in [0.4, 0.5) is 0 Å². The molecule has 0 saturated heterocycles. The molecule has 0 fully saturated rings. The topological polar surface area (TPSA) is 60.9 Å². The summed E-state index contributed by atoms with van der Waals surface area (Å²) in [6, 6.07) is -0.252. The molecule has 0 aliphatic carbocycles. The summed E-state index contributed by atoms with van der Waals surface area (Å²) in [7, 11) is 0. The lowest BCUT2D eigenvalue weighted by molar-refractivity contribution is -0.121. The van der Waals surface area contributed by atoms with Crippen LogP contribution >= 0.6 is 24.8 Å². The minimum absolute atomic E-state index is 0. The zero-order valence-corrected chi connectivity index (χ0v) is 8.85. The molecule has 0 spiro atoms. The number of carbonyl (C=O) groups excluding carboxylic acids is 1. The third-order valence-electron chi connectivity index (χ3n) is 1.60. The predicted octanol–water partition coefficient (Wildman–Crippen LogP) is 1.16. The second-order valence-corrected chi connectivity index (χ2v) is 2.34. The van der Waals surface area contributed by atoms with Gasteiger partial charge in [-0.25, -0.2) is 4.98 Å². The Morgan fingerprint density at radius 2 is 2.23 bits per heavy atom. The Morgan fingerprint density at radius 1 is 1.62 bits per heavy atom. The smallest absolute Gasteiger partial charge is 0.240 e. The fourth-order valence-electron chi connectivity index (χ4n) is 1.01. The molecule has 76 valence electrons. The lowest BCUT2D eigenvalue weighted by Crippen LogP contribution is -2.24. The average Bonchev–Trinajstić information content (AvgIpc) is 2.40. The second kappa shape index (κ2) is 6.74. The SMILES string of the molecule is CCC(C(N)=O)n1ccnc1.Cl.Cl. The fourth-order valence-corrected chi connectivity index (χ4v) is 1.01. The molecule has 1 rings (SSSR count). The largest absolute Gasteiger partial charge is 0.368 e. The molecule has 1 amide bonds. The Kier molecular flexibility index (Phi) is 7.66. The maximum atomic E-state index is 10.8. The molecule has 1 unspecified atom stereocenters. The van der Waals surface area contributed by atoms with Crippen molar-refractivity contribution in [3.8, 4) is 0 Å². The number of primary amides is 1. The number of carbonyl (C=O) groups is 1. The number of aromatic nitrogens is 2. The van der Waals surface area contributed by atoms with Gasteiger partial charge in [0.1, 0.15) is 6.04 Å². The van der Waals surface area contributed by atoms with Crippen molar-refractivity contribution in [3.63, 3.8) is 0 Å². The first-order valence-corrected chi connectivity index (χ1v) is 3.52. The number of nitrogens with zero attached hydrogens (tertiary/aromatic N) is 2. The van der Waals surface area contributed by atoms with Gasteiger partial charge in [0.2, 0.25) is 5.91 Å². The maximum Gasteiger partial charge on any atom is 0.240 e. The number of hydrogen-bond acceptors (Lipinski definition) is 2. The summed E-state index contributed by atoms with van der Waals surface area (Å²) in [6.45, 7) is 1.91. The molecule has 1 aromatic heterocycles. The Balaban J connectivity index is 0. The highest BCUT2D eigenvalue weighted by atomic mass is 35.5. The molecule has 1 heterocycles. The van der Waals surface area contributed by atoms with E-state index >= 15 is 0 Å². The van der Waals surface area contributed by atoms with Crippen LogP contribution in [0, 0.1) is 0 Å². The van der Waals surface area contributed by atoms with E-state index in [0.717, 1.165) is 0 Å². The van der Waals surface area contributed by atoms with Crippen LogP contribution < -0.4 is 5.73 Å². The molecule has 2 N–H and O–H groups in total. The molecule has 0 bridgehead atoms. The van der Waals surface area contributed by atoms with Gasteiger partial charge >= 0.3 is 0 Å². The number of imidazole rings is 1. The Bertz CT molecular complexity index is 238. The van der Waals surface area contributed by atoms with E-state index in [2.05, 4.69) is 4.98 Å². The van der Waals surface area contributed by atoms with Gasteiger partial charge in [0.15, 0.2) is 0 Å². The molecule has 13 heavy (non-hydrogen) atoms. The summed E-state index contributed by atoms with van der Waals surface area (Å²) >= 11 is 0. The van der Waals surface area contributed by atoms with Crippen LogP contribution in [-0.2, 0) is 4.79 Å². The van der Waals surface area contributed by atoms with Crippen molar-refractivity contribution in [3.05, 3.63) is 18.7 Å². The number of halogens is 2. The lowest BCUT2D eigenvalue weighted by Gasteiger charge is -2.10. The summed E-state index contributed by atoms with van der Waals surface area (Å²) in [5, 5.41) is 0. The zero-order valence-electron chi connectivity index (χ0n) is 7.21. The first kappa shape index (κ1) is 14.8. The van der Waals surface area contributed by atoms with Crippen LogP contribution in [0.1, 0.15) is 19.4 Å². The molecule has 0 radical (unpaired) electrons. The van der Waals surface area contributed by atoms with E-state index in [-0.39, 0.29) is 36.8 Å². The second-order valence-electron chi connectivity index (χ2n) is 2.34. The molecule has 0 aromatic carbocycles. The van der Waals surface area contributed by atoms with E-state index in [0.29, 0.717) is 6.42 Å². The maximum absolute atomic E-state index is 10.8. The average molecular weight is 226 g/mol. The standard InChI is InChI=1S/C7H11N3O.2ClH/c1-2-6(7(8)11)10-4-3-9-5-10;;/h3-6H,2H2,1H3,(H2,8,11);2*1H. The van der Waals surface area contributed by atoms with E-state index in [4.69, 9.17) is 5.73 Å². The Hall–Kier alpha value is -0.740. The number of amides is 1. The summed E-state index contributed by atoms with van der Waals surface area (Å²) in [5.74, 6) is -0.314. The summed E-state index contributed by atoms with van der Waals surface area (Å²) in [6.07, 6.45) is 5.66. The molecular weight excluding hydrogens is 213 g/mol. The highest BCUT2D eigenvalue weighted by molar-refractivity contribution is 5.85. The van der Waals surface area contributed by atoms with Gasteiger partial charge in [0.05, 0.1) is 6.33 Å². The highest BCUT2D eigenvalue weighted by Gasteiger charge is 2.12. The lowest BCUT2D eigenvalue weighted by atomic mass is 10.2. The predicted molar refractivity (Wildman–Crippen MR) is 55.2 cm³/mol. The van der Waals surface area contributed by atoms with E-state index in [1.54, 1.807) is 23.3 Å². The van der Waals surface area contributed by atoms with Crippen LogP contribution in [0.15, 0.2) is 18.7 Å². The number of rotatable bonds is 3. The quantitative estimate of drug-likeness (QED) is 0.840. The van der Waals surface area contributed by atoms with Gasteiger partial charge < -0.3 is 10.3 Å². The number of nitrogens with two attached hydrogens (primary N) is 1. The summed E-state index contributed by atoms with van der Waals surface area (Å²) < 4.78 is 1.71. The Labute approximate surface area is 89.3 Å². The molecule has 4 nitrogen and oxygen atoms in total. The summed E-state index contributed by atoms with van der Waals surface area (Å²) in [4.78, 5) is 14.6. The molecule has 6 heteroatoms. The first-order chi connectivity index (χ1) is 5.25. The number of hydrogen-bond donors (Lipinski definition) is 1. The molecule has 1 atom stereocenters. The van der Waals surface area contributed by atoms with Gasteiger partial charge in [-0.15, -0.1) is 24.8 Å². The molecule has 0 aliphatic heterocycles. The van der Waals surface area contributed by atoms with Gasteiger partial charge in [-0.3, -0.25) is 4.79 Å². The first-order valence-electron chi connectivity index (χ1n) is 3.52. The minimum Gasteiger partial charge on any atom is -0.368 e. The van der Waals surface area contributed by atoms with Crippen molar-refractivity contribution in [2.45, 2.75) is 19.4 Å². The van der Waals surface area contributed by atoms with E-state index < -0.39 is 0 Å².